The van der Waals surface area contributed by atoms with Crippen LogP contribution >= 0.6 is 0 Å². The lowest BCUT2D eigenvalue weighted by Crippen LogP contribution is -2.29. The van der Waals surface area contributed by atoms with Crippen LogP contribution in [-0.2, 0) is 4.74 Å². The number of ether oxygens (including phenoxy) is 1. The first-order valence-electron chi connectivity index (χ1n) is 4.82. The van der Waals surface area contributed by atoms with Gasteiger partial charge in [0, 0.05) is 7.11 Å². The van der Waals surface area contributed by atoms with E-state index in [0.29, 0.717) is 0 Å². The van der Waals surface area contributed by atoms with Crippen LogP contribution in [0.3, 0.4) is 0 Å². The Kier molecular flexibility index (Phi) is 5.57. The van der Waals surface area contributed by atoms with Crippen molar-refractivity contribution in [2.75, 3.05) is 7.11 Å². The monoisotopic (exact) mass is 158 g/mol. The normalized spacial score (nSPS) is 21.8. The van der Waals surface area contributed by atoms with Gasteiger partial charge in [0.1, 0.15) is 0 Å². The molecule has 0 saturated heterocycles. The van der Waals surface area contributed by atoms with Gasteiger partial charge >= 0.3 is 0 Å². The lowest BCUT2D eigenvalue weighted by molar-refractivity contribution is -0.0231. The highest BCUT2D eigenvalue weighted by Gasteiger charge is 2.25. The predicted molar refractivity (Wildman–Crippen MR) is 49.8 cm³/mol. The Hall–Kier alpha value is -0.0400. The number of methoxy groups -OCH3 is 1. The Balaban J connectivity index is 0.000000461. The summed E-state index contributed by atoms with van der Waals surface area (Å²) >= 11 is 0. The summed E-state index contributed by atoms with van der Waals surface area (Å²) in [5.41, 5.74) is 0.220. The second-order valence-electron chi connectivity index (χ2n) is 3.21. The van der Waals surface area contributed by atoms with Gasteiger partial charge in [0.2, 0.25) is 0 Å². The molecule has 0 radical (unpaired) electrons. The predicted octanol–water partition coefficient (Wildman–Crippen LogP) is 3.38. The zero-order chi connectivity index (χ0) is 8.74. The Labute approximate surface area is 71.1 Å². The minimum atomic E-state index is 0.220. The molecule has 0 spiro atoms. The summed E-state index contributed by atoms with van der Waals surface area (Å²) in [6.07, 6.45) is 6.61. The molecule has 0 aromatic rings. The first kappa shape index (κ1) is 11.0. The largest absolute Gasteiger partial charge is 0.379 e. The molecule has 0 heterocycles. The zero-order valence-electron chi connectivity index (χ0n) is 8.44. The van der Waals surface area contributed by atoms with Gasteiger partial charge in [0.05, 0.1) is 5.60 Å². The van der Waals surface area contributed by atoms with E-state index in [2.05, 4.69) is 6.92 Å². The van der Waals surface area contributed by atoms with Gasteiger partial charge in [-0.1, -0.05) is 33.1 Å². The number of hydrogen-bond acceptors (Lipinski definition) is 1. The molecule has 0 aliphatic heterocycles. The molecule has 1 aliphatic carbocycles. The number of hydrogen-bond donors (Lipinski definition) is 0. The quantitative estimate of drug-likeness (QED) is 0.568. The van der Waals surface area contributed by atoms with Crippen LogP contribution in [0.5, 0.6) is 0 Å². The van der Waals surface area contributed by atoms with Gasteiger partial charge in [-0.2, -0.15) is 0 Å². The van der Waals surface area contributed by atoms with Crippen molar-refractivity contribution < 1.29 is 4.74 Å². The molecule has 0 unspecified atom stereocenters. The van der Waals surface area contributed by atoms with Gasteiger partial charge in [0.15, 0.2) is 0 Å². The highest BCUT2D eigenvalue weighted by molar-refractivity contribution is 4.78. The van der Waals surface area contributed by atoms with E-state index in [1.54, 1.807) is 0 Å². The van der Waals surface area contributed by atoms with Crippen LogP contribution in [0.25, 0.3) is 0 Å². The summed E-state index contributed by atoms with van der Waals surface area (Å²) < 4.78 is 5.38. The van der Waals surface area contributed by atoms with E-state index >= 15 is 0 Å². The van der Waals surface area contributed by atoms with E-state index < -0.39 is 0 Å². The van der Waals surface area contributed by atoms with Gasteiger partial charge in [-0.25, -0.2) is 0 Å². The molecule has 1 fully saturated rings. The summed E-state index contributed by atoms with van der Waals surface area (Å²) in [7, 11) is 1.82. The van der Waals surface area contributed by atoms with Gasteiger partial charge in [-0.15, -0.1) is 0 Å². The van der Waals surface area contributed by atoms with Gasteiger partial charge in [-0.05, 0) is 19.8 Å². The highest BCUT2D eigenvalue weighted by Crippen LogP contribution is 2.29. The maximum Gasteiger partial charge on any atom is 0.0650 e. The van der Waals surface area contributed by atoms with Crippen molar-refractivity contribution in [3.05, 3.63) is 0 Å². The summed E-state index contributed by atoms with van der Waals surface area (Å²) in [6, 6.07) is 0. The molecular weight excluding hydrogens is 136 g/mol. The minimum Gasteiger partial charge on any atom is -0.379 e. The average molecular weight is 158 g/mol. The van der Waals surface area contributed by atoms with E-state index in [4.69, 9.17) is 4.74 Å². The first-order chi connectivity index (χ1) is 5.27. The molecule has 11 heavy (non-hydrogen) atoms. The third-order valence-electron chi connectivity index (χ3n) is 2.40. The van der Waals surface area contributed by atoms with E-state index in [-0.39, 0.29) is 5.60 Å². The molecular formula is C10H22O. The van der Waals surface area contributed by atoms with Crippen LogP contribution in [0.2, 0.25) is 0 Å². The third-order valence-corrected chi connectivity index (χ3v) is 2.40. The number of rotatable bonds is 1. The summed E-state index contributed by atoms with van der Waals surface area (Å²) in [5, 5.41) is 0. The van der Waals surface area contributed by atoms with Crippen molar-refractivity contribution in [3.8, 4) is 0 Å². The van der Waals surface area contributed by atoms with Crippen molar-refractivity contribution in [1.29, 1.82) is 0 Å². The maximum absolute atomic E-state index is 5.38. The highest BCUT2D eigenvalue weighted by atomic mass is 16.5. The second-order valence-corrected chi connectivity index (χ2v) is 3.21. The van der Waals surface area contributed by atoms with Gasteiger partial charge in [-0.3, -0.25) is 0 Å². The molecule has 1 aliphatic rings. The van der Waals surface area contributed by atoms with Crippen molar-refractivity contribution >= 4 is 0 Å². The maximum atomic E-state index is 5.38. The molecule has 0 aromatic heterocycles. The fourth-order valence-electron chi connectivity index (χ4n) is 1.50. The van der Waals surface area contributed by atoms with Gasteiger partial charge in [0.25, 0.3) is 0 Å². The van der Waals surface area contributed by atoms with Crippen LogP contribution < -0.4 is 0 Å². The molecule has 0 amide bonds. The van der Waals surface area contributed by atoms with Crippen LogP contribution in [0.15, 0.2) is 0 Å². The van der Waals surface area contributed by atoms with Crippen LogP contribution in [-0.4, -0.2) is 12.7 Å². The minimum absolute atomic E-state index is 0.220. The third kappa shape index (κ3) is 3.76. The molecule has 1 rings (SSSR count). The van der Waals surface area contributed by atoms with Crippen LogP contribution in [0.4, 0.5) is 0 Å². The molecule has 0 atom stereocenters. The van der Waals surface area contributed by atoms with E-state index in [9.17, 15) is 0 Å². The summed E-state index contributed by atoms with van der Waals surface area (Å²) in [6.45, 7) is 6.21. The van der Waals surface area contributed by atoms with E-state index in [1.807, 2.05) is 21.0 Å². The van der Waals surface area contributed by atoms with Crippen molar-refractivity contribution in [2.45, 2.75) is 58.5 Å². The van der Waals surface area contributed by atoms with Crippen LogP contribution in [0.1, 0.15) is 52.9 Å². The van der Waals surface area contributed by atoms with E-state index in [0.717, 1.165) is 0 Å². The Morgan fingerprint density at radius 3 is 1.73 bits per heavy atom. The fraction of sp³-hybridized carbons (Fsp3) is 1.00. The van der Waals surface area contributed by atoms with Crippen LogP contribution in [0, 0.1) is 0 Å². The first-order valence-corrected chi connectivity index (χ1v) is 4.82. The second kappa shape index (κ2) is 5.59. The zero-order valence-corrected chi connectivity index (χ0v) is 8.44. The average Bonchev–Trinajstić information content (AvgIpc) is 2.10. The Morgan fingerprint density at radius 2 is 1.45 bits per heavy atom. The van der Waals surface area contributed by atoms with E-state index in [1.165, 1.54) is 32.1 Å². The molecule has 1 nitrogen and oxygen atoms in total. The molecule has 1 saturated carbocycles. The van der Waals surface area contributed by atoms with Crippen molar-refractivity contribution in [3.63, 3.8) is 0 Å². The molecule has 0 N–H and O–H groups in total. The topological polar surface area (TPSA) is 9.23 Å². The lowest BCUT2D eigenvalue weighted by atomic mass is 9.86. The molecule has 0 aromatic carbocycles. The lowest BCUT2D eigenvalue weighted by Gasteiger charge is -2.31. The summed E-state index contributed by atoms with van der Waals surface area (Å²) in [5.74, 6) is 0. The Bertz CT molecular complexity index is 82.9. The SMILES string of the molecule is CC.COC1(C)CCCCC1. The molecule has 68 valence electrons. The van der Waals surface area contributed by atoms with Crippen molar-refractivity contribution in [1.82, 2.24) is 0 Å². The van der Waals surface area contributed by atoms with Gasteiger partial charge < -0.3 is 4.74 Å². The fourth-order valence-corrected chi connectivity index (χ4v) is 1.50. The standard InChI is InChI=1S/C8H16O.C2H6/c1-8(9-2)6-4-3-5-7-8;1-2/h3-7H2,1-2H3;1-2H3. The van der Waals surface area contributed by atoms with Crippen molar-refractivity contribution in [2.24, 2.45) is 0 Å². The molecule has 0 bridgehead atoms. The molecule has 1 heteroatoms. The smallest absolute Gasteiger partial charge is 0.0650 e. The summed E-state index contributed by atoms with van der Waals surface area (Å²) in [4.78, 5) is 0. The Morgan fingerprint density at radius 1 is 1.00 bits per heavy atom.